The van der Waals surface area contributed by atoms with Gasteiger partial charge in [-0.25, -0.2) is 8.78 Å². The standard InChI is InChI=1S/C7H4ClF2IS/c1-12-7-5(9)3(8)2-4(11)6(7)10/h2H,1H3. The van der Waals surface area contributed by atoms with Crippen molar-refractivity contribution in [2.24, 2.45) is 0 Å². The van der Waals surface area contributed by atoms with Crippen LogP contribution in [0.3, 0.4) is 0 Å². The second kappa shape index (κ2) is 4.11. The van der Waals surface area contributed by atoms with Crippen LogP contribution in [0, 0.1) is 15.2 Å². The monoisotopic (exact) mass is 320 g/mol. The molecule has 0 amide bonds. The molecule has 12 heavy (non-hydrogen) atoms. The first-order chi connectivity index (χ1) is 5.57. The lowest BCUT2D eigenvalue weighted by Gasteiger charge is -2.04. The van der Waals surface area contributed by atoms with E-state index in [9.17, 15) is 8.78 Å². The van der Waals surface area contributed by atoms with E-state index in [2.05, 4.69) is 0 Å². The summed E-state index contributed by atoms with van der Waals surface area (Å²) < 4.78 is 26.5. The van der Waals surface area contributed by atoms with Crippen molar-refractivity contribution in [3.8, 4) is 0 Å². The Hall–Kier alpha value is 0.450. The van der Waals surface area contributed by atoms with E-state index < -0.39 is 11.6 Å². The van der Waals surface area contributed by atoms with Crippen LogP contribution in [0.4, 0.5) is 8.78 Å². The van der Waals surface area contributed by atoms with Crippen molar-refractivity contribution in [2.75, 3.05) is 6.26 Å². The molecule has 0 aromatic heterocycles. The molecule has 66 valence electrons. The van der Waals surface area contributed by atoms with Crippen molar-refractivity contribution < 1.29 is 8.78 Å². The zero-order chi connectivity index (χ0) is 9.30. The molecule has 0 radical (unpaired) electrons. The molecule has 0 spiro atoms. The van der Waals surface area contributed by atoms with E-state index in [-0.39, 0.29) is 9.92 Å². The second-order valence-electron chi connectivity index (χ2n) is 2.00. The first-order valence-corrected chi connectivity index (χ1v) is 5.63. The molecule has 0 nitrogen and oxygen atoms in total. The molecule has 0 aliphatic rings. The van der Waals surface area contributed by atoms with Gasteiger partial charge in [0.1, 0.15) is 0 Å². The van der Waals surface area contributed by atoms with Crippen molar-refractivity contribution in [1.29, 1.82) is 0 Å². The zero-order valence-electron chi connectivity index (χ0n) is 6.00. The number of rotatable bonds is 1. The summed E-state index contributed by atoms with van der Waals surface area (Å²) in [6.07, 6.45) is 1.61. The highest BCUT2D eigenvalue weighted by atomic mass is 127. The molecule has 1 rings (SSSR count). The predicted octanol–water partition coefficient (Wildman–Crippen LogP) is 3.94. The van der Waals surface area contributed by atoms with E-state index in [0.717, 1.165) is 11.8 Å². The topological polar surface area (TPSA) is 0 Å². The van der Waals surface area contributed by atoms with Crippen molar-refractivity contribution in [3.63, 3.8) is 0 Å². The maximum atomic E-state index is 13.1. The van der Waals surface area contributed by atoms with Gasteiger partial charge in [0.2, 0.25) is 0 Å². The molecule has 0 N–H and O–H groups in total. The Morgan fingerprint density at radius 2 is 2.00 bits per heavy atom. The van der Waals surface area contributed by atoms with Gasteiger partial charge in [0.15, 0.2) is 11.6 Å². The normalized spacial score (nSPS) is 10.4. The number of thioether (sulfide) groups is 1. The highest BCUT2D eigenvalue weighted by molar-refractivity contribution is 14.1. The molecule has 0 heterocycles. The van der Waals surface area contributed by atoms with Gasteiger partial charge in [-0.1, -0.05) is 11.6 Å². The van der Waals surface area contributed by atoms with E-state index >= 15 is 0 Å². The fraction of sp³-hybridized carbons (Fsp3) is 0.143. The Labute approximate surface area is 91.8 Å². The van der Waals surface area contributed by atoms with Gasteiger partial charge in [0.05, 0.1) is 13.5 Å². The average molecular weight is 321 g/mol. The number of benzene rings is 1. The third-order valence-electron chi connectivity index (χ3n) is 1.28. The Kier molecular flexibility index (Phi) is 3.60. The maximum Gasteiger partial charge on any atom is 0.158 e. The van der Waals surface area contributed by atoms with Gasteiger partial charge in [-0.2, -0.15) is 0 Å². The molecule has 0 saturated heterocycles. The summed E-state index contributed by atoms with van der Waals surface area (Å²) in [5.41, 5.74) is 0. The molecule has 0 aliphatic heterocycles. The SMILES string of the molecule is CSc1c(F)c(Cl)cc(I)c1F. The van der Waals surface area contributed by atoms with Crippen LogP contribution in [0.1, 0.15) is 0 Å². The summed E-state index contributed by atoms with van der Waals surface area (Å²) in [6.45, 7) is 0. The summed E-state index contributed by atoms with van der Waals surface area (Å²) in [4.78, 5) is -0.0214. The molecule has 1 aromatic carbocycles. The van der Waals surface area contributed by atoms with E-state index in [4.69, 9.17) is 11.6 Å². The largest absolute Gasteiger partial charge is 0.204 e. The van der Waals surface area contributed by atoms with Gasteiger partial charge >= 0.3 is 0 Å². The van der Waals surface area contributed by atoms with E-state index in [0.29, 0.717) is 3.57 Å². The van der Waals surface area contributed by atoms with Crippen LogP contribution < -0.4 is 0 Å². The Bertz CT molecular complexity index is 291. The van der Waals surface area contributed by atoms with Crippen LogP contribution in [-0.4, -0.2) is 6.26 Å². The van der Waals surface area contributed by atoms with Gasteiger partial charge in [0.25, 0.3) is 0 Å². The summed E-state index contributed by atoms with van der Waals surface area (Å²) in [6, 6.07) is 1.27. The molecule has 1 aromatic rings. The van der Waals surface area contributed by atoms with Crippen LogP contribution in [-0.2, 0) is 0 Å². The van der Waals surface area contributed by atoms with E-state index in [1.807, 2.05) is 0 Å². The average Bonchev–Trinajstić information content (AvgIpc) is 2.02. The smallest absolute Gasteiger partial charge is 0.158 e. The minimum absolute atomic E-state index is 0.0214. The van der Waals surface area contributed by atoms with Crippen LogP contribution in [0.5, 0.6) is 0 Å². The van der Waals surface area contributed by atoms with Crippen LogP contribution in [0.25, 0.3) is 0 Å². The molecular formula is C7H4ClF2IS. The molecule has 0 bridgehead atoms. The first kappa shape index (κ1) is 10.5. The maximum absolute atomic E-state index is 13.1. The fourth-order valence-corrected chi connectivity index (χ4v) is 2.52. The third kappa shape index (κ3) is 1.85. The third-order valence-corrected chi connectivity index (χ3v) is 3.10. The van der Waals surface area contributed by atoms with Crippen LogP contribution in [0.15, 0.2) is 11.0 Å². The highest BCUT2D eigenvalue weighted by Crippen LogP contribution is 2.31. The van der Waals surface area contributed by atoms with Crippen molar-refractivity contribution in [1.82, 2.24) is 0 Å². The van der Waals surface area contributed by atoms with Crippen molar-refractivity contribution >= 4 is 46.0 Å². The quantitative estimate of drug-likeness (QED) is 0.429. The van der Waals surface area contributed by atoms with Gasteiger partial charge in [-0.05, 0) is 34.9 Å². The van der Waals surface area contributed by atoms with Crippen LogP contribution >= 0.6 is 46.0 Å². The first-order valence-electron chi connectivity index (χ1n) is 2.95. The molecule has 0 saturated carbocycles. The Balaban J connectivity index is 3.42. The summed E-state index contributed by atoms with van der Waals surface area (Å²) in [5.74, 6) is -1.22. The molecular weight excluding hydrogens is 316 g/mol. The number of hydrogen-bond acceptors (Lipinski definition) is 1. The van der Waals surface area contributed by atoms with Gasteiger partial charge in [0, 0.05) is 0 Å². The predicted molar refractivity (Wildman–Crippen MR) is 55.9 cm³/mol. The summed E-state index contributed by atoms with van der Waals surface area (Å²) in [5, 5.41) is -0.0369. The lowest BCUT2D eigenvalue weighted by atomic mass is 10.3. The number of hydrogen-bond donors (Lipinski definition) is 0. The van der Waals surface area contributed by atoms with Crippen molar-refractivity contribution in [2.45, 2.75) is 4.90 Å². The summed E-state index contributed by atoms with van der Waals surface area (Å²) >= 11 is 8.30. The van der Waals surface area contributed by atoms with Crippen molar-refractivity contribution in [3.05, 3.63) is 26.3 Å². The van der Waals surface area contributed by atoms with E-state index in [1.165, 1.54) is 6.07 Å². The highest BCUT2D eigenvalue weighted by Gasteiger charge is 2.14. The minimum atomic E-state index is -0.679. The van der Waals surface area contributed by atoms with Gasteiger partial charge in [-0.15, -0.1) is 11.8 Å². The molecule has 0 fully saturated rings. The molecule has 5 heteroatoms. The molecule has 0 aliphatic carbocycles. The second-order valence-corrected chi connectivity index (χ2v) is 4.39. The molecule has 0 unspecified atom stereocenters. The summed E-state index contributed by atoms with van der Waals surface area (Å²) in [7, 11) is 0. The molecule has 0 atom stereocenters. The lowest BCUT2D eigenvalue weighted by Crippen LogP contribution is -1.92. The van der Waals surface area contributed by atoms with Crippen LogP contribution in [0.2, 0.25) is 5.02 Å². The Morgan fingerprint density at radius 3 is 2.50 bits per heavy atom. The minimum Gasteiger partial charge on any atom is -0.204 e. The number of halogens is 4. The lowest BCUT2D eigenvalue weighted by molar-refractivity contribution is 0.536. The van der Waals surface area contributed by atoms with Gasteiger partial charge in [-0.3, -0.25) is 0 Å². The Morgan fingerprint density at radius 1 is 1.42 bits per heavy atom. The fourth-order valence-electron chi connectivity index (χ4n) is 0.730. The zero-order valence-corrected chi connectivity index (χ0v) is 9.73. The van der Waals surface area contributed by atoms with E-state index in [1.54, 1.807) is 28.8 Å². The van der Waals surface area contributed by atoms with Gasteiger partial charge < -0.3 is 0 Å².